The molecule has 0 radical (unpaired) electrons. The third-order valence-corrected chi connectivity index (χ3v) is 5.68. The van der Waals surface area contributed by atoms with Crippen LogP contribution in [0.15, 0.2) is 72.1 Å². The van der Waals surface area contributed by atoms with Gasteiger partial charge in [0.1, 0.15) is 10.8 Å². The van der Waals surface area contributed by atoms with Crippen molar-refractivity contribution < 1.29 is 14.1 Å². The molecule has 0 bridgehead atoms. The van der Waals surface area contributed by atoms with Crippen molar-refractivity contribution in [2.45, 2.75) is 6.92 Å². The topological polar surface area (TPSA) is 85.1 Å². The lowest BCUT2D eigenvalue weighted by Crippen LogP contribution is -2.14. The molecule has 1 amide bonds. The summed E-state index contributed by atoms with van der Waals surface area (Å²) in [6.07, 6.45) is 0. The van der Waals surface area contributed by atoms with E-state index in [2.05, 4.69) is 10.3 Å². The summed E-state index contributed by atoms with van der Waals surface area (Å²) in [5, 5.41) is 16.3. The number of thiazole rings is 1. The summed E-state index contributed by atoms with van der Waals surface area (Å²) in [5.41, 5.74) is 2.56. The van der Waals surface area contributed by atoms with Gasteiger partial charge in [0.2, 0.25) is 0 Å². The highest BCUT2D eigenvalue weighted by Crippen LogP contribution is 2.34. The second kappa shape index (κ2) is 8.45. The van der Waals surface area contributed by atoms with Crippen molar-refractivity contribution in [1.29, 1.82) is 0 Å². The molecule has 0 saturated carbocycles. The van der Waals surface area contributed by atoms with E-state index < -0.39 is 10.8 Å². The minimum atomic E-state index is -0.514. The summed E-state index contributed by atoms with van der Waals surface area (Å²) in [5.74, 6) is -0.815. The average molecular weight is 433 g/mol. The molecule has 0 atom stereocenters. The van der Waals surface area contributed by atoms with Crippen LogP contribution in [0.4, 0.5) is 15.8 Å². The number of amides is 1. The van der Waals surface area contributed by atoms with Crippen LogP contribution in [0, 0.1) is 22.9 Å². The molecule has 4 rings (SSSR count). The van der Waals surface area contributed by atoms with Crippen LogP contribution in [0.5, 0.6) is 0 Å². The number of nitrogens with one attached hydrogen (secondary N) is 1. The van der Waals surface area contributed by atoms with Crippen molar-refractivity contribution in [3.63, 3.8) is 0 Å². The van der Waals surface area contributed by atoms with Gasteiger partial charge in [-0.05, 0) is 31.2 Å². The number of aromatic nitrogens is 1. The minimum absolute atomic E-state index is 0.116. The monoisotopic (exact) mass is 433 g/mol. The van der Waals surface area contributed by atoms with Crippen LogP contribution in [-0.2, 0) is 0 Å². The predicted molar refractivity (Wildman–Crippen MR) is 119 cm³/mol. The van der Waals surface area contributed by atoms with Gasteiger partial charge in [0, 0.05) is 33.7 Å². The lowest BCUT2D eigenvalue weighted by Gasteiger charge is -2.11. The van der Waals surface area contributed by atoms with E-state index in [9.17, 15) is 19.3 Å². The van der Waals surface area contributed by atoms with Crippen molar-refractivity contribution >= 4 is 28.6 Å². The van der Waals surface area contributed by atoms with E-state index in [1.165, 1.54) is 29.5 Å². The maximum Gasteiger partial charge on any atom is 0.273 e. The summed E-state index contributed by atoms with van der Waals surface area (Å²) in [7, 11) is 0. The van der Waals surface area contributed by atoms with Gasteiger partial charge >= 0.3 is 0 Å². The predicted octanol–water partition coefficient (Wildman–Crippen LogP) is 6.09. The average Bonchev–Trinajstić information content (AvgIpc) is 3.24. The Morgan fingerprint density at radius 2 is 1.74 bits per heavy atom. The summed E-state index contributed by atoms with van der Waals surface area (Å²) >= 11 is 1.30. The number of anilines is 1. The lowest BCUT2D eigenvalue weighted by molar-refractivity contribution is -0.385. The Hall–Kier alpha value is -3.91. The van der Waals surface area contributed by atoms with Crippen LogP contribution < -0.4 is 5.32 Å². The van der Waals surface area contributed by atoms with E-state index in [1.807, 2.05) is 6.07 Å². The van der Waals surface area contributed by atoms with Crippen LogP contribution in [-0.4, -0.2) is 15.8 Å². The standard InChI is InChI=1S/C23H16FN3O3S/c1-14-15(9-6-12-21(14)27(29)30)22(28)25-19-11-5-3-8-17(19)20-13-31-23(26-20)16-7-2-4-10-18(16)24/h2-13H,1H3,(H,25,28). The molecule has 154 valence electrons. The number of carbonyl (C=O) groups is 1. The second-order valence-corrected chi connectivity index (χ2v) is 7.58. The Bertz CT molecular complexity index is 1300. The molecule has 31 heavy (non-hydrogen) atoms. The van der Waals surface area contributed by atoms with Crippen molar-refractivity contribution in [2.75, 3.05) is 5.32 Å². The van der Waals surface area contributed by atoms with Crippen LogP contribution in [0.2, 0.25) is 0 Å². The first kappa shape index (κ1) is 20.4. The molecule has 0 spiro atoms. The van der Waals surface area contributed by atoms with Crippen molar-refractivity contribution in [2.24, 2.45) is 0 Å². The Kier molecular flexibility index (Phi) is 5.55. The second-order valence-electron chi connectivity index (χ2n) is 6.72. The number of hydrogen-bond donors (Lipinski definition) is 1. The summed E-state index contributed by atoms with van der Waals surface area (Å²) in [6, 6.07) is 17.9. The molecule has 0 aliphatic carbocycles. The fraction of sp³-hybridized carbons (Fsp3) is 0.0435. The minimum Gasteiger partial charge on any atom is -0.321 e. The molecule has 4 aromatic rings. The number of nitro groups is 1. The molecule has 0 fully saturated rings. The van der Waals surface area contributed by atoms with Gasteiger partial charge in [-0.15, -0.1) is 11.3 Å². The van der Waals surface area contributed by atoms with Crippen molar-refractivity contribution in [1.82, 2.24) is 4.98 Å². The Labute approximate surface area is 181 Å². The van der Waals surface area contributed by atoms with Gasteiger partial charge in [-0.2, -0.15) is 0 Å². The summed E-state index contributed by atoms with van der Waals surface area (Å²) < 4.78 is 14.1. The zero-order valence-electron chi connectivity index (χ0n) is 16.3. The first-order chi connectivity index (χ1) is 15.0. The highest BCUT2D eigenvalue weighted by atomic mass is 32.1. The third-order valence-electron chi connectivity index (χ3n) is 4.81. The maximum atomic E-state index is 14.1. The third kappa shape index (κ3) is 4.06. The number of para-hydroxylation sites is 1. The maximum absolute atomic E-state index is 14.1. The Morgan fingerprint density at radius 3 is 2.48 bits per heavy atom. The van der Waals surface area contributed by atoms with Gasteiger partial charge in [-0.3, -0.25) is 14.9 Å². The van der Waals surface area contributed by atoms with Crippen LogP contribution in [0.3, 0.4) is 0 Å². The number of halogens is 1. The molecule has 3 aromatic carbocycles. The summed E-state index contributed by atoms with van der Waals surface area (Å²) in [6.45, 7) is 1.54. The highest BCUT2D eigenvalue weighted by molar-refractivity contribution is 7.13. The van der Waals surface area contributed by atoms with Gasteiger partial charge in [0.05, 0.1) is 16.3 Å². The largest absolute Gasteiger partial charge is 0.321 e. The number of nitrogens with zero attached hydrogens (tertiary/aromatic N) is 2. The van der Waals surface area contributed by atoms with Crippen LogP contribution in [0.1, 0.15) is 15.9 Å². The van der Waals surface area contributed by atoms with Gasteiger partial charge in [0.15, 0.2) is 0 Å². The molecule has 1 heterocycles. The molecule has 0 aliphatic heterocycles. The van der Waals surface area contributed by atoms with E-state index in [4.69, 9.17) is 0 Å². The normalized spacial score (nSPS) is 10.6. The smallest absolute Gasteiger partial charge is 0.273 e. The molecule has 0 unspecified atom stereocenters. The molecule has 6 nitrogen and oxygen atoms in total. The number of rotatable bonds is 5. The number of benzene rings is 3. The highest BCUT2D eigenvalue weighted by Gasteiger charge is 2.19. The molecule has 0 saturated heterocycles. The Balaban J connectivity index is 1.67. The van der Waals surface area contributed by atoms with E-state index in [0.29, 0.717) is 27.5 Å². The zero-order valence-corrected chi connectivity index (χ0v) is 17.2. The number of hydrogen-bond acceptors (Lipinski definition) is 5. The van der Waals surface area contributed by atoms with Gasteiger partial charge < -0.3 is 5.32 Å². The molecule has 1 N–H and O–H groups in total. The first-order valence-electron chi connectivity index (χ1n) is 9.31. The van der Waals surface area contributed by atoms with E-state index in [0.717, 1.165) is 0 Å². The number of nitro benzene ring substituents is 1. The fourth-order valence-corrected chi connectivity index (χ4v) is 4.07. The quantitative estimate of drug-likeness (QED) is 0.305. The number of carbonyl (C=O) groups excluding carboxylic acids is 1. The summed E-state index contributed by atoms with van der Waals surface area (Å²) in [4.78, 5) is 28.1. The molecule has 1 aromatic heterocycles. The van der Waals surface area contributed by atoms with Crippen LogP contribution in [0.25, 0.3) is 21.8 Å². The van der Waals surface area contributed by atoms with Crippen molar-refractivity contribution in [3.05, 3.63) is 99.2 Å². The van der Waals surface area contributed by atoms with E-state index in [-0.39, 0.29) is 22.6 Å². The Morgan fingerprint density at radius 1 is 1.03 bits per heavy atom. The van der Waals surface area contributed by atoms with Crippen molar-refractivity contribution in [3.8, 4) is 21.8 Å². The molecule has 0 aliphatic rings. The van der Waals surface area contributed by atoms with Gasteiger partial charge in [0.25, 0.3) is 11.6 Å². The molecular weight excluding hydrogens is 417 g/mol. The fourth-order valence-electron chi connectivity index (χ4n) is 3.23. The van der Waals surface area contributed by atoms with Crippen LogP contribution >= 0.6 is 11.3 Å². The van der Waals surface area contributed by atoms with Gasteiger partial charge in [-0.25, -0.2) is 9.37 Å². The van der Waals surface area contributed by atoms with E-state index >= 15 is 0 Å². The first-order valence-corrected chi connectivity index (χ1v) is 10.2. The molecule has 8 heteroatoms. The zero-order chi connectivity index (χ0) is 22.0. The van der Waals surface area contributed by atoms with E-state index in [1.54, 1.807) is 54.8 Å². The molecular formula is C23H16FN3O3S. The SMILES string of the molecule is Cc1c(C(=O)Nc2ccccc2-c2csc(-c3ccccc3F)n2)cccc1[N+](=O)[O-]. The lowest BCUT2D eigenvalue weighted by atomic mass is 10.1. The van der Waals surface area contributed by atoms with Gasteiger partial charge in [-0.1, -0.05) is 36.4 Å².